The van der Waals surface area contributed by atoms with Crippen LogP contribution in [0.1, 0.15) is 40.0 Å². The van der Waals surface area contributed by atoms with E-state index < -0.39 is 54.2 Å². The highest BCUT2D eigenvalue weighted by atomic mass is 16.4. The monoisotopic (exact) mass is 388 g/mol. The first-order chi connectivity index (χ1) is 12.5. The van der Waals surface area contributed by atoms with E-state index in [1.807, 2.05) is 0 Å². The Morgan fingerprint density at radius 3 is 1.89 bits per heavy atom. The Hall–Kier alpha value is -2.69. The highest BCUT2D eigenvalue weighted by molar-refractivity contribution is 5.93. The fourth-order valence-electron chi connectivity index (χ4n) is 2.16. The maximum absolute atomic E-state index is 12.4. The predicted octanol–water partition coefficient (Wildman–Crippen LogP) is -1.59. The smallest absolute Gasteiger partial charge is 0.326 e. The second kappa shape index (κ2) is 11.8. The van der Waals surface area contributed by atoms with Crippen LogP contribution < -0.4 is 21.7 Å². The van der Waals surface area contributed by atoms with Gasteiger partial charge in [0.25, 0.3) is 0 Å². The van der Waals surface area contributed by atoms with Crippen molar-refractivity contribution in [1.82, 2.24) is 16.0 Å². The Labute approximate surface area is 157 Å². The summed E-state index contributed by atoms with van der Waals surface area (Å²) in [6.45, 7) is 4.62. The Morgan fingerprint density at radius 2 is 1.44 bits per heavy atom. The van der Waals surface area contributed by atoms with Crippen LogP contribution in [0.3, 0.4) is 0 Å². The van der Waals surface area contributed by atoms with Crippen molar-refractivity contribution in [1.29, 1.82) is 0 Å². The van der Waals surface area contributed by atoms with Crippen molar-refractivity contribution < 1.29 is 34.2 Å². The molecule has 0 aromatic rings. The molecule has 0 saturated carbocycles. The lowest BCUT2D eigenvalue weighted by Crippen LogP contribution is -2.55. The number of aliphatic carboxylic acids is 2. The first-order valence-corrected chi connectivity index (χ1v) is 8.52. The van der Waals surface area contributed by atoms with Crippen LogP contribution in [-0.4, -0.2) is 64.5 Å². The van der Waals surface area contributed by atoms with E-state index in [4.69, 9.17) is 10.8 Å². The molecule has 0 bridgehead atoms. The summed E-state index contributed by atoms with van der Waals surface area (Å²) in [6, 6.07) is -3.44. The van der Waals surface area contributed by atoms with E-state index in [2.05, 4.69) is 16.0 Å². The Kier molecular flexibility index (Phi) is 10.7. The summed E-state index contributed by atoms with van der Waals surface area (Å²) in [5.74, 6) is -4.53. The van der Waals surface area contributed by atoms with Crippen LogP contribution in [0.25, 0.3) is 0 Å². The molecule has 0 spiro atoms. The molecule has 3 atom stereocenters. The zero-order chi connectivity index (χ0) is 21.1. The Bertz CT molecular complexity index is 565. The number of amides is 3. The molecule has 154 valence electrons. The zero-order valence-electron chi connectivity index (χ0n) is 15.7. The molecule has 3 amide bonds. The molecule has 0 fully saturated rings. The second-order valence-electron chi connectivity index (χ2n) is 6.52. The minimum Gasteiger partial charge on any atom is -0.481 e. The molecule has 3 unspecified atom stereocenters. The van der Waals surface area contributed by atoms with Crippen LogP contribution in [-0.2, 0) is 24.0 Å². The van der Waals surface area contributed by atoms with E-state index in [1.54, 1.807) is 13.8 Å². The van der Waals surface area contributed by atoms with Crippen molar-refractivity contribution in [2.24, 2.45) is 11.7 Å². The van der Waals surface area contributed by atoms with E-state index in [9.17, 15) is 29.1 Å². The van der Waals surface area contributed by atoms with Gasteiger partial charge in [0.15, 0.2) is 0 Å². The van der Waals surface area contributed by atoms with Gasteiger partial charge in [-0.05, 0) is 25.7 Å². The minimum absolute atomic E-state index is 0.00930. The third-order valence-corrected chi connectivity index (χ3v) is 3.56. The number of carboxylic acid groups (broad SMARTS) is 2. The highest BCUT2D eigenvalue weighted by Crippen LogP contribution is 2.07. The minimum atomic E-state index is -1.26. The van der Waals surface area contributed by atoms with E-state index in [-0.39, 0.29) is 25.3 Å². The third-order valence-electron chi connectivity index (χ3n) is 3.56. The van der Waals surface area contributed by atoms with Crippen LogP contribution in [0.4, 0.5) is 0 Å². The average Bonchev–Trinajstić information content (AvgIpc) is 2.56. The van der Waals surface area contributed by atoms with Crippen LogP contribution in [0.15, 0.2) is 0 Å². The number of hydrogen-bond acceptors (Lipinski definition) is 6. The van der Waals surface area contributed by atoms with Gasteiger partial charge < -0.3 is 31.9 Å². The quantitative estimate of drug-likeness (QED) is 0.231. The van der Waals surface area contributed by atoms with Gasteiger partial charge in [-0.15, -0.1) is 0 Å². The van der Waals surface area contributed by atoms with Gasteiger partial charge >= 0.3 is 11.9 Å². The highest BCUT2D eigenvalue weighted by Gasteiger charge is 2.28. The van der Waals surface area contributed by atoms with E-state index in [0.717, 1.165) is 0 Å². The number of hydrogen-bond donors (Lipinski definition) is 6. The normalized spacial score (nSPS) is 14.0. The topological polar surface area (TPSA) is 188 Å². The van der Waals surface area contributed by atoms with E-state index in [0.29, 0.717) is 0 Å². The molecule has 0 aliphatic carbocycles. The molecule has 0 aliphatic rings. The van der Waals surface area contributed by atoms with Crippen molar-refractivity contribution in [2.45, 2.75) is 58.2 Å². The number of rotatable bonds is 12. The molecule has 0 radical (unpaired) electrons. The van der Waals surface area contributed by atoms with Gasteiger partial charge in [-0.25, -0.2) is 4.79 Å². The van der Waals surface area contributed by atoms with Crippen LogP contribution in [0.5, 0.6) is 0 Å². The van der Waals surface area contributed by atoms with Gasteiger partial charge in [-0.1, -0.05) is 13.8 Å². The average molecular weight is 388 g/mol. The molecule has 0 rings (SSSR count). The van der Waals surface area contributed by atoms with Gasteiger partial charge in [-0.3, -0.25) is 19.2 Å². The molecule has 27 heavy (non-hydrogen) atoms. The molecule has 0 aliphatic heterocycles. The van der Waals surface area contributed by atoms with Crippen molar-refractivity contribution in [3.8, 4) is 0 Å². The number of carbonyl (C=O) groups is 5. The number of nitrogens with one attached hydrogen (secondary N) is 3. The molecule has 0 saturated heterocycles. The summed E-state index contributed by atoms with van der Waals surface area (Å²) in [5, 5.41) is 25.0. The van der Waals surface area contributed by atoms with Gasteiger partial charge in [0.05, 0.1) is 6.54 Å². The van der Waals surface area contributed by atoms with E-state index >= 15 is 0 Å². The fraction of sp³-hybridized carbons (Fsp3) is 0.688. The lowest BCUT2D eigenvalue weighted by Gasteiger charge is -2.23. The molecule has 11 nitrogen and oxygen atoms in total. The number of nitrogens with two attached hydrogens (primary N) is 1. The standard InChI is InChI=1S/C16H28N4O7/c1-8(2)6-11(16(26)27)20-15(25)10(4-5-13(22)23)19-14(24)9(3)18-12(21)7-17/h8-11H,4-7,17H2,1-3H3,(H,18,21)(H,19,24)(H,20,25)(H,22,23)(H,26,27). The summed E-state index contributed by atoms with van der Waals surface area (Å²) < 4.78 is 0. The molecular formula is C16H28N4O7. The van der Waals surface area contributed by atoms with Crippen molar-refractivity contribution in [2.75, 3.05) is 6.54 Å². The van der Waals surface area contributed by atoms with Gasteiger partial charge in [-0.2, -0.15) is 0 Å². The summed E-state index contributed by atoms with van der Waals surface area (Å²) in [5.41, 5.74) is 5.15. The Morgan fingerprint density at radius 1 is 0.889 bits per heavy atom. The first-order valence-electron chi connectivity index (χ1n) is 8.52. The molecular weight excluding hydrogens is 360 g/mol. The third kappa shape index (κ3) is 10.1. The van der Waals surface area contributed by atoms with Crippen molar-refractivity contribution >= 4 is 29.7 Å². The summed E-state index contributed by atoms with van der Waals surface area (Å²) in [7, 11) is 0. The van der Waals surface area contributed by atoms with Crippen molar-refractivity contribution in [3.05, 3.63) is 0 Å². The van der Waals surface area contributed by atoms with Gasteiger partial charge in [0.2, 0.25) is 17.7 Å². The number of carboxylic acids is 2. The second-order valence-corrected chi connectivity index (χ2v) is 6.52. The zero-order valence-corrected chi connectivity index (χ0v) is 15.7. The van der Waals surface area contributed by atoms with Crippen LogP contribution >= 0.6 is 0 Å². The van der Waals surface area contributed by atoms with Gasteiger partial charge in [0.1, 0.15) is 18.1 Å². The predicted molar refractivity (Wildman–Crippen MR) is 94.5 cm³/mol. The SMILES string of the molecule is CC(C)CC(NC(=O)C(CCC(=O)O)NC(=O)C(C)NC(=O)CN)C(=O)O. The maximum Gasteiger partial charge on any atom is 0.326 e. The molecule has 11 heteroatoms. The van der Waals surface area contributed by atoms with Crippen LogP contribution in [0.2, 0.25) is 0 Å². The number of carbonyl (C=O) groups excluding carboxylic acids is 3. The summed E-state index contributed by atoms with van der Waals surface area (Å²) >= 11 is 0. The molecule has 0 aromatic heterocycles. The lowest BCUT2D eigenvalue weighted by atomic mass is 10.0. The molecule has 7 N–H and O–H groups in total. The Balaban J connectivity index is 5.12. The maximum atomic E-state index is 12.4. The fourth-order valence-corrected chi connectivity index (χ4v) is 2.16. The summed E-state index contributed by atoms with van der Waals surface area (Å²) in [6.07, 6.45) is -0.480. The van der Waals surface area contributed by atoms with E-state index in [1.165, 1.54) is 6.92 Å². The largest absolute Gasteiger partial charge is 0.481 e. The lowest BCUT2D eigenvalue weighted by molar-refractivity contribution is -0.143. The van der Waals surface area contributed by atoms with Gasteiger partial charge in [0, 0.05) is 6.42 Å². The van der Waals surface area contributed by atoms with Crippen LogP contribution in [0, 0.1) is 5.92 Å². The first kappa shape index (κ1) is 24.3. The molecule has 0 heterocycles. The summed E-state index contributed by atoms with van der Waals surface area (Å²) in [4.78, 5) is 57.9. The van der Waals surface area contributed by atoms with Crippen molar-refractivity contribution in [3.63, 3.8) is 0 Å². The molecule has 0 aromatic carbocycles.